The Hall–Kier alpha value is -1.77. The third kappa shape index (κ3) is 4.26. The largest absolute Gasteiger partial charge is 0.204 e. The Morgan fingerprint density at radius 3 is 2.00 bits per heavy atom. The van der Waals surface area contributed by atoms with Gasteiger partial charge in [-0.1, -0.05) is 50.5 Å². The van der Waals surface area contributed by atoms with Gasteiger partial charge in [0.1, 0.15) is 0 Å². The van der Waals surface area contributed by atoms with Gasteiger partial charge in [0.2, 0.25) is 0 Å². The van der Waals surface area contributed by atoms with E-state index in [0.717, 1.165) is 18.1 Å². The van der Waals surface area contributed by atoms with Gasteiger partial charge in [0, 0.05) is 0 Å². The number of unbranched alkanes of at least 4 members (excludes halogenated alkanes) is 1. The summed E-state index contributed by atoms with van der Waals surface area (Å²) in [5.41, 5.74) is 2.37. The predicted molar refractivity (Wildman–Crippen MR) is 96.0 cm³/mol. The fraction of sp³-hybridized carbons (Fsp3) is 0.455. The molecule has 0 radical (unpaired) electrons. The molecule has 3 heteroatoms. The summed E-state index contributed by atoms with van der Waals surface area (Å²) in [7, 11) is 0. The SMILES string of the molecule is CCCC[C@H]1CC[C@H](c2ccc(-c3cc(F)c(F)c(F)c3)cc2)CC1. The molecule has 0 heterocycles. The van der Waals surface area contributed by atoms with Crippen LogP contribution in [0.25, 0.3) is 11.1 Å². The lowest BCUT2D eigenvalue weighted by Crippen LogP contribution is -2.13. The summed E-state index contributed by atoms with van der Waals surface area (Å²) < 4.78 is 39.9. The van der Waals surface area contributed by atoms with Crippen molar-refractivity contribution in [2.45, 2.75) is 57.8 Å². The molecule has 0 spiro atoms. The van der Waals surface area contributed by atoms with Crippen LogP contribution in [0.15, 0.2) is 36.4 Å². The van der Waals surface area contributed by atoms with Gasteiger partial charge in [-0.05, 0) is 66.3 Å². The van der Waals surface area contributed by atoms with Crippen molar-refractivity contribution in [3.8, 4) is 11.1 Å². The smallest absolute Gasteiger partial charge is 0.194 e. The molecule has 0 unspecified atom stereocenters. The molecule has 134 valence electrons. The van der Waals surface area contributed by atoms with Crippen LogP contribution in [-0.2, 0) is 0 Å². The van der Waals surface area contributed by atoms with Gasteiger partial charge in [-0.3, -0.25) is 0 Å². The average Bonchev–Trinajstić information content (AvgIpc) is 2.64. The molecule has 0 nitrogen and oxygen atoms in total. The second kappa shape index (κ2) is 8.07. The number of benzene rings is 2. The molecule has 0 saturated heterocycles. The lowest BCUT2D eigenvalue weighted by atomic mass is 9.77. The van der Waals surface area contributed by atoms with E-state index in [9.17, 15) is 13.2 Å². The van der Waals surface area contributed by atoms with Gasteiger partial charge in [-0.2, -0.15) is 0 Å². The van der Waals surface area contributed by atoms with Crippen LogP contribution in [0.2, 0.25) is 0 Å². The van der Waals surface area contributed by atoms with E-state index >= 15 is 0 Å². The van der Waals surface area contributed by atoms with Crippen LogP contribution < -0.4 is 0 Å². The zero-order valence-corrected chi connectivity index (χ0v) is 14.7. The van der Waals surface area contributed by atoms with Gasteiger partial charge >= 0.3 is 0 Å². The molecule has 25 heavy (non-hydrogen) atoms. The van der Waals surface area contributed by atoms with Crippen LogP contribution in [0.5, 0.6) is 0 Å². The van der Waals surface area contributed by atoms with E-state index in [-0.39, 0.29) is 0 Å². The minimum absolute atomic E-state index is 0.367. The van der Waals surface area contributed by atoms with Crippen molar-refractivity contribution in [2.24, 2.45) is 5.92 Å². The Kier molecular flexibility index (Phi) is 5.82. The lowest BCUT2D eigenvalue weighted by Gasteiger charge is -2.29. The molecule has 0 bridgehead atoms. The maximum absolute atomic E-state index is 13.4. The van der Waals surface area contributed by atoms with Crippen LogP contribution in [0.4, 0.5) is 13.2 Å². The van der Waals surface area contributed by atoms with Crippen molar-refractivity contribution < 1.29 is 13.2 Å². The summed E-state index contributed by atoms with van der Waals surface area (Å²) in [5.74, 6) is -2.26. The third-order valence-corrected chi connectivity index (χ3v) is 5.51. The first-order valence-corrected chi connectivity index (χ1v) is 9.33. The zero-order valence-electron chi connectivity index (χ0n) is 14.7. The number of hydrogen-bond donors (Lipinski definition) is 0. The summed E-state index contributed by atoms with van der Waals surface area (Å²) >= 11 is 0. The van der Waals surface area contributed by atoms with Crippen LogP contribution in [0, 0.1) is 23.4 Å². The van der Waals surface area contributed by atoms with E-state index in [1.54, 1.807) is 0 Å². The zero-order chi connectivity index (χ0) is 17.8. The number of halogens is 3. The summed E-state index contributed by atoms with van der Waals surface area (Å²) in [5, 5.41) is 0. The van der Waals surface area contributed by atoms with Crippen molar-refractivity contribution in [3.63, 3.8) is 0 Å². The Labute approximate surface area is 148 Å². The molecule has 0 N–H and O–H groups in total. The molecule has 0 aromatic heterocycles. The highest BCUT2D eigenvalue weighted by atomic mass is 19.2. The van der Waals surface area contributed by atoms with E-state index in [1.165, 1.54) is 50.5 Å². The maximum atomic E-state index is 13.4. The molecular formula is C22H25F3. The Balaban J connectivity index is 1.67. The quantitative estimate of drug-likeness (QED) is 0.501. The molecule has 1 aliphatic carbocycles. The van der Waals surface area contributed by atoms with Gasteiger partial charge in [0.15, 0.2) is 17.5 Å². The molecule has 3 rings (SSSR count). The van der Waals surface area contributed by atoms with Crippen LogP contribution in [0.1, 0.15) is 63.4 Å². The van der Waals surface area contributed by atoms with E-state index in [2.05, 4.69) is 6.92 Å². The number of rotatable bonds is 5. The fourth-order valence-corrected chi connectivity index (χ4v) is 3.95. The lowest BCUT2D eigenvalue weighted by molar-refractivity contribution is 0.304. The first-order chi connectivity index (χ1) is 12.1. The molecule has 1 fully saturated rings. The first-order valence-electron chi connectivity index (χ1n) is 9.33. The van der Waals surface area contributed by atoms with Gasteiger partial charge in [0.05, 0.1) is 0 Å². The molecule has 2 aromatic carbocycles. The van der Waals surface area contributed by atoms with E-state index in [0.29, 0.717) is 17.0 Å². The van der Waals surface area contributed by atoms with Crippen molar-refractivity contribution in [1.82, 2.24) is 0 Å². The van der Waals surface area contributed by atoms with Crippen LogP contribution in [-0.4, -0.2) is 0 Å². The van der Waals surface area contributed by atoms with Crippen molar-refractivity contribution in [1.29, 1.82) is 0 Å². The van der Waals surface area contributed by atoms with Gasteiger partial charge < -0.3 is 0 Å². The van der Waals surface area contributed by atoms with Gasteiger partial charge in [-0.15, -0.1) is 0 Å². The average molecular weight is 346 g/mol. The Morgan fingerprint density at radius 1 is 0.840 bits per heavy atom. The van der Waals surface area contributed by atoms with Gasteiger partial charge in [-0.25, -0.2) is 13.2 Å². The molecule has 0 aliphatic heterocycles. The van der Waals surface area contributed by atoms with Gasteiger partial charge in [0.25, 0.3) is 0 Å². The normalized spacial score (nSPS) is 20.6. The maximum Gasteiger partial charge on any atom is 0.194 e. The first kappa shape index (κ1) is 18.0. The minimum atomic E-state index is -1.42. The summed E-state index contributed by atoms with van der Waals surface area (Å²) in [6, 6.07) is 9.95. The molecule has 1 aliphatic rings. The highest BCUT2D eigenvalue weighted by molar-refractivity contribution is 5.64. The second-order valence-electron chi connectivity index (χ2n) is 7.24. The Morgan fingerprint density at radius 2 is 1.44 bits per heavy atom. The molecule has 0 amide bonds. The summed E-state index contributed by atoms with van der Waals surface area (Å²) in [6.07, 6.45) is 8.97. The van der Waals surface area contributed by atoms with Crippen LogP contribution >= 0.6 is 0 Å². The predicted octanol–water partition coefficient (Wildman–Crippen LogP) is 7.23. The third-order valence-electron chi connectivity index (χ3n) is 5.51. The monoisotopic (exact) mass is 346 g/mol. The molecular weight excluding hydrogens is 321 g/mol. The topological polar surface area (TPSA) is 0 Å². The highest BCUT2D eigenvalue weighted by Gasteiger charge is 2.22. The summed E-state index contributed by atoms with van der Waals surface area (Å²) in [6.45, 7) is 2.24. The molecule has 2 aromatic rings. The molecule has 0 atom stereocenters. The minimum Gasteiger partial charge on any atom is -0.204 e. The molecule has 1 saturated carbocycles. The summed E-state index contributed by atoms with van der Waals surface area (Å²) in [4.78, 5) is 0. The number of hydrogen-bond acceptors (Lipinski definition) is 0. The van der Waals surface area contributed by atoms with Crippen LogP contribution in [0.3, 0.4) is 0 Å². The van der Waals surface area contributed by atoms with Crippen molar-refractivity contribution >= 4 is 0 Å². The van der Waals surface area contributed by atoms with Crippen molar-refractivity contribution in [2.75, 3.05) is 0 Å². The van der Waals surface area contributed by atoms with Crippen molar-refractivity contribution in [3.05, 3.63) is 59.4 Å². The standard InChI is InChI=1S/C22H25F3/c1-2-3-4-15-5-7-16(8-6-15)17-9-11-18(12-10-17)19-13-20(23)22(25)21(24)14-19/h9-16H,2-8H2,1H3/t15-,16-. The van der Waals surface area contributed by atoms with E-state index in [1.807, 2.05) is 24.3 Å². The fourth-order valence-electron chi connectivity index (χ4n) is 3.95. The van der Waals surface area contributed by atoms with E-state index in [4.69, 9.17) is 0 Å². The second-order valence-corrected chi connectivity index (χ2v) is 7.24. The van der Waals surface area contributed by atoms with E-state index < -0.39 is 17.5 Å². The Bertz CT molecular complexity index is 675. The highest BCUT2D eigenvalue weighted by Crippen LogP contribution is 2.38.